The second-order valence-electron chi connectivity index (χ2n) is 15.7. The molecule has 0 bridgehead atoms. The Hall–Kier alpha value is -7.61. The van der Waals surface area contributed by atoms with Crippen LogP contribution >= 0.6 is 7.41 Å². The Labute approximate surface area is 398 Å². The fraction of sp³-hybridized carbons (Fsp3) is 0. The van der Waals surface area contributed by atoms with Crippen molar-refractivity contribution in [2.75, 3.05) is 4.67 Å². The summed E-state index contributed by atoms with van der Waals surface area (Å²) in [6.07, 6.45) is -6.74. The van der Waals surface area contributed by atoms with Gasteiger partial charge in [0.1, 0.15) is 57.0 Å². The molecule has 0 N–H and O–H groups in total. The Morgan fingerprint density at radius 1 is 0.288 bits per heavy atom. The molecule has 0 atom stereocenters. The summed E-state index contributed by atoms with van der Waals surface area (Å²) in [7, 11) is -5.08. The third kappa shape index (κ3) is 7.79. The van der Waals surface area contributed by atoms with E-state index >= 15 is 87.8 Å². The van der Waals surface area contributed by atoms with E-state index in [1.165, 1.54) is 54.6 Å². The Balaban J connectivity index is 1.85. The van der Waals surface area contributed by atoms with Crippen molar-refractivity contribution in [2.24, 2.45) is 0 Å². The third-order valence-electron chi connectivity index (χ3n) is 11.9. The number of rotatable bonds is 11. The highest BCUT2D eigenvalue weighted by atomic mass is 31.2. The quantitative estimate of drug-likeness (QED) is 0.0410. The highest BCUT2D eigenvalue weighted by Gasteiger charge is 2.57. The SMILES string of the molecule is Fc1c(F)c(F)c(N(/C(=C/[B-](c2c(F)c(F)c(F)c(F)c2F)(c2c(F)c(F)c(F)c(F)c2F)c2c(F)c(F)c(F)c(F)c2F)c2ccccc2)[P+](c2ccccc2)(c2ccccc2)c2ccccc2)c(F)c1F. The summed E-state index contributed by atoms with van der Waals surface area (Å²) < 4.78 is 324. The predicted octanol–water partition coefficient (Wildman–Crippen LogP) is 11.9. The maximum Gasteiger partial charge on any atom is 0.208 e. The van der Waals surface area contributed by atoms with Gasteiger partial charge in [-0.15, -0.1) is 16.4 Å². The van der Waals surface area contributed by atoms with Crippen molar-refractivity contribution in [3.05, 3.63) is 249 Å². The standard InChI is InChI=1S/C50H21BF20NP/c52-30-27(31(53)37(59)42(64)36(30)58)51(28-32(54)38(60)43(65)39(61)33(28)55,29-34(56)40(62)44(66)41(63)35(29)57)21-26(22-13-5-1-6-14-22)72(50-48(70)46(68)45(67)47(69)49(50)71)73(23-15-7-2-8-16-23,24-17-9-3-10-18-24)25-19-11-4-12-20-25/h1-21H/b26-21+. The lowest BCUT2D eigenvalue weighted by molar-refractivity contribution is 0.380. The van der Waals surface area contributed by atoms with E-state index < -0.39 is 169 Å². The lowest BCUT2D eigenvalue weighted by Gasteiger charge is -2.45. The zero-order valence-corrected chi connectivity index (χ0v) is 36.5. The van der Waals surface area contributed by atoms with E-state index in [1.807, 2.05) is 0 Å². The largest absolute Gasteiger partial charge is 0.208 e. The van der Waals surface area contributed by atoms with Gasteiger partial charge in [0.15, 0.2) is 81.3 Å². The first kappa shape index (κ1) is 51.7. The fourth-order valence-corrected chi connectivity index (χ4v) is 13.2. The number of halogens is 20. The monoisotopic (exact) mass is 1060 g/mol. The van der Waals surface area contributed by atoms with Crippen LogP contribution in [-0.2, 0) is 0 Å². The van der Waals surface area contributed by atoms with Gasteiger partial charge in [0.05, 0.1) is 0 Å². The molecule has 23 heteroatoms. The molecular formula is C50H21BF20NP. The van der Waals surface area contributed by atoms with Crippen molar-refractivity contribution in [3.63, 3.8) is 0 Å². The molecule has 0 saturated heterocycles. The van der Waals surface area contributed by atoms with Crippen molar-refractivity contribution < 1.29 is 87.8 Å². The molecule has 8 aromatic rings. The molecule has 73 heavy (non-hydrogen) atoms. The number of hydrogen-bond donors (Lipinski definition) is 0. The van der Waals surface area contributed by atoms with E-state index in [-0.39, 0.29) is 20.6 Å². The van der Waals surface area contributed by atoms with E-state index in [0.717, 1.165) is 54.6 Å². The first-order valence-electron chi connectivity index (χ1n) is 20.5. The smallest absolute Gasteiger partial charge is 0.207 e. The lowest BCUT2D eigenvalue weighted by Crippen LogP contribution is -2.72. The number of benzene rings is 8. The minimum absolute atomic E-state index is 0.0409. The third-order valence-corrected chi connectivity index (χ3v) is 16.0. The first-order valence-corrected chi connectivity index (χ1v) is 22.2. The van der Waals surface area contributed by atoms with Gasteiger partial charge in [-0.1, -0.05) is 84.9 Å². The van der Waals surface area contributed by atoms with Crippen LogP contribution < -0.4 is 37.0 Å². The molecule has 0 unspecified atom stereocenters. The molecule has 0 fully saturated rings. The van der Waals surface area contributed by atoms with Crippen LogP contribution in [0.1, 0.15) is 5.56 Å². The van der Waals surface area contributed by atoms with Crippen molar-refractivity contribution in [1.29, 1.82) is 0 Å². The van der Waals surface area contributed by atoms with E-state index in [2.05, 4.69) is 0 Å². The first-order chi connectivity index (χ1) is 34.6. The Morgan fingerprint density at radius 2 is 0.507 bits per heavy atom. The normalized spacial score (nSPS) is 12.2. The van der Waals surface area contributed by atoms with Gasteiger partial charge in [-0.25, -0.2) is 98.5 Å². The average Bonchev–Trinajstić information content (AvgIpc) is 3.41. The van der Waals surface area contributed by atoms with Gasteiger partial charge in [-0.05, 0) is 42.0 Å². The molecule has 0 aromatic heterocycles. The highest BCUT2D eigenvalue weighted by molar-refractivity contribution is 7.97. The zero-order valence-electron chi connectivity index (χ0n) is 35.7. The van der Waals surface area contributed by atoms with Crippen LogP contribution in [-0.4, -0.2) is 6.15 Å². The van der Waals surface area contributed by atoms with Crippen LogP contribution in [0.3, 0.4) is 0 Å². The van der Waals surface area contributed by atoms with Crippen LogP contribution in [0.4, 0.5) is 93.5 Å². The maximum absolute atomic E-state index is 17.3. The molecule has 0 amide bonds. The minimum atomic E-state index is -6.74. The van der Waals surface area contributed by atoms with Crippen LogP contribution in [0.25, 0.3) is 5.70 Å². The highest BCUT2D eigenvalue weighted by Crippen LogP contribution is 2.64. The summed E-state index contributed by atoms with van der Waals surface area (Å²) in [5.41, 5.74) is -14.4. The fourth-order valence-electron chi connectivity index (χ4n) is 8.82. The summed E-state index contributed by atoms with van der Waals surface area (Å²) in [5, 5.41) is -0.958. The summed E-state index contributed by atoms with van der Waals surface area (Å²) in [4.78, 5) is 0. The second-order valence-corrected chi connectivity index (χ2v) is 18.9. The number of anilines is 1. The van der Waals surface area contributed by atoms with Gasteiger partial charge in [0.25, 0.3) is 0 Å². The Bertz CT molecular complexity index is 3150. The maximum atomic E-state index is 17.3. The molecule has 8 rings (SSSR count). The number of nitrogens with zero attached hydrogens (tertiary/aromatic N) is 1. The van der Waals surface area contributed by atoms with E-state index in [9.17, 15) is 0 Å². The van der Waals surface area contributed by atoms with Crippen LogP contribution in [0.15, 0.2) is 127 Å². The molecule has 0 aliphatic heterocycles. The lowest BCUT2D eigenvalue weighted by atomic mass is 9.15. The summed E-state index contributed by atoms with van der Waals surface area (Å²) in [6.45, 7) is 0. The predicted molar refractivity (Wildman–Crippen MR) is 232 cm³/mol. The Morgan fingerprint density at radius 3 is 0.767 bits per heavy atom. The Kier molecular flexibility index (Phi) is 13.8. The molecule has 0 radical (unpaired) electrons. The molecular weight excluding hydrogens is 1040 g/mol. The van der Waals surface area contributed by atoms with Gasteiger partial charge in [0.2, 0.25) is 13.2 Å². The van der Waals surface area contributed by atoms with Crippen molar-refractivity contribution in [1.82, 2.24) is 0 Å². The molecule has 0 saturated carbocycles. The summed E-state index contributed by atoms with van der Waals surface area (Å²) in [5.74, 6) is -65.2. The topological polar surface area (TPSA) is 3.24 Å². The number of hydrogen-bond acceptors (Lipinski definition) is 1. The van der Waals surface area contributed by atoms with E-state index in [1.54, 1.807) is 0 Å². The second kappa shape index (κ2) is 19.4. The van der Waals surface area contributed by atoms with Gasteiger partial charge >= 0.3 is 0 Å². The van der Waals surface area contributed by atoms with Gasteiger partial charge in [0, 0.05) is 5.70 Å². The molecule has 0 spiro atoms. The van der Waals surface area contributed by atoms with E-state index in [0.29, 0.717) is 12.1 Å². The van der Waals surface area contributed by atoms with E-state index in [4.69, 9.17) is 0 Å². The zero-order chi connectivity index (χ0) is 53.2. The van der Waals surface area contributed by atoms with Crippen molar-refractivity contribution >= 4 is 57.2 Å². The van der Waals surface area contributed by atoms with Crippen LogP contribution in [0, 0.1) is 116 Å². The molecule has 374 valence electrons. The van der Waals surface area contributed by atoms with Gasteiger partial charge in [-0.3, -0.25) is 0 Å². The minimum Gasteiger partial charge on any atom is -0.207 e. The molecule has 0 heterocycles. The molecule has 8 aromatic carbocycles. The van der Waals surface area contributed by atoms with Crippen molar-refractivity contribution in [2.45, 2.75) is 0 Å². The van der Waals surface area contributed by atoms with Crippen molar-refractivity contribution in [3.8, 4) is 0 Å². The summed E-state index contributed by atoms with van der Waals surface area (Å²) >= 11 is 0. The van der Waals surface area contributed by atoms with Crippen LogP contribution in [0.5, 0.6) is 0 Å². The molecule has 0 aliphatic carbocycles. The summed E-state index contributed by atoms with van der Waals surface area (Å²) in [6, 6.07) is 22.3. The van der Waals surface area contributed by atoms with Gasteiger partial charge < -0.3 is 0 Å². The average molecular weight is 1060 g/mol. The molecule has 0 aliphatic rings. The van der Waals surface area contributed by atoms with Gasteiger partial charge in [-0.2, -0.15) is 0 Å². The van der Waals surface area contributed by atoms with Crippen LogP contribution in [0.2, 0.25) is 0 Å². The molecule has 1 nitrogen and oxygen atoms in total.